The number of carbonyl (C=O) groups excluding carboxylic acids is 2. The van der Waals surface area contributed by atoms with Gasteiger partial charge >= 0.3 is 5.97 Å². The van der Waals surface area contributed by atoms with E-state index in [4.69, 9.17) is 4.74 Å². The highest BCUT2D eigenvalue weighted by atomic mass is 32.2. The summed E-state index contributed by atoms with van der Waals surface area (Å²) in [5, 5.41) is 2.52. The highest BCUT2D eigenvalue weighted by Crippen LogP contribution is 2.23. The summed E-state index contributed by atoms with van der Waals surface area (Å²) in [4.78, 5) is 25.2. The SMILES string of the molecule is CCSc1ccccc1C(=O)O[C@@H](C)C(=O)Nc1cccc(F)c1. The van der Waals surface area contributed by atoms with Gasteiger partial charge in [-0.15, -0.1) is 11.8 Å². The average molecular weight is 347 g/mol. The van der Waals surface area contributed by atoms with Gasteiger partial charge in [-0.1, -0.05) is 25.1 Å². The normalized spacial score (nSPS) is 11.6. The number of hydrogen-bond acceptors (Lipinski definition) is 4. The molecule has 1 amide bonds. The summed E-state index contributed by atoms with van der Waals surface area (Å²) in [5.74, 6) is -0.717. The van der Waals surface area contributed by atoms with E-state index in [0.29, 0.717) is 11.3 Å². The lowest BCUT2D eigenvalue weighted by atomic mass is 10.2. The van der Waals surface area contributed by atoms with E-state index in [1.807, 2.05) is 19.1 Å². The van der Waals surface area contributed by atoms with E-state index in [1.165, 1.54) is 36.9 Å². The van der Waals surface area contributed by atoms with Gasteiger partial charge in [0.1, 0.15) is 5.82 Å². The average Bonchev–Trinajstić information content (AvgIpc) is 2.55. The Balaban J connectivity index is 2.02. The van der Waals surface area contributed by atoms with Crippen LogP contribution in [0, 0.1) is 5.82 Å². The molecule has 2 aromatic carbocycles. The third kappa shape index (κ3) is 4.83. The van der Waals surface area contributed by atoms with Gasteiger partial charge in [0, 0.05) is 10.6 Å². The van der Waals surface area contributed by atoms with Crippen LogP contribution < -0.4 is 5.32 Å². The smallest absolute Gasteiger partial charge is 0.340 e. The van der Waals surface area contributed by atoms with Gasteiger partial charge in [0.25, 0.3) is 5.91 Å². The molecule has 0 saturated carbocycles. The summed E-state index contributed by atoms with van der Waals surface area (Å²) >= 11 is 1.53. The minimum atomic E-state index is -1.000. The van der Waals surface area contributed by atoms with Crippen LogP contribution >= 0.6 is 11.8 Å². The van der Waals surface area contributed by atoms with Gasteiger partial charge < -0.3 is 10.1 Å². The lowest BCUT2D eigenvalue weighted by Crippen LogP contribution is -2.30. The molecule has 0 saturated heterocycles. The van der Waals surface area contributed by atoms with Gasteiger partial charge in [-0.2, -0.15) is 0 Å². The molecule has 0 spiro atoms. The summed E-state index contributed by atoms with van der Waals surface area (Å²) in [5.41, 5.74) is 0.736. The van der Waals surface area contributed by atoms with E-state index in [2.05, 4.69) is 5.32 Å². The maximum absolute atomic E-state index is 13.1. The minimum Gasteiger partial charge on any atom is -0.449 e. The Morgan fingerprint density at radius 3 is 2.67 bits per heavy atom. The molecule has 6 heteroatoms. The maximum Gasteiger partial charge on any atom is 0.340 e. The van der Waals surface area contributed by atoms with Crippen molar-refractivity contribution in [3.63, 3.8) is 0 Å². The third-order valence-corrected chi connectivity index (χ3v) is 4.11. The molecule has 0 radical (unpaired) electrons. The standard InChI is InChI=1S/C18H18FNO3S/c1-3-24-16-10-5-4-9-15(16)18(22)23-12(2)17(21)20-14-8-6-7-13(19)11-14/h4-12H,3H2,1-2H3,(H,20,21)/t12-/m0/s1. The monoisotopic (exact) mass is 347 g/mol. The van der Waals surface area contributed by atoms with E-state index < -0.39 is 23.8 Å². The number of benzene rings is 2. The zero-order chi connectivity index (χ0) is 17.5. The molecule has 0 aliphatic heterocycles. The van der Waals surface area contributed by atoms with Crippen LogP contribution in [-0.2, 0) is 9.53 Å². The number of esters is 1. The van der Waals surface area contributed by atoms with Crippen molar-refractivity contribution in [2.45, 2.75) is 24.8 Å². The first kappa shape index (κ1) is 18.0. The molecule has 2 rings (SSSR count). The van der Waals surface area contributed by atoms with Gasteiger partial charge in [0.15, 0.2) is 6.10 Å². The number of nitrogens with one attached hydrogen (secondary N) is 1. The van der Waals surface area contributed by atoms with Crippen molar-refractivity contribution in [2.75, 3.05) is 11.1 Å². The molecule has 24 heavy (non-hydrogen) atoms. The predicted molar refractivity (Wildman–Crippen MR) is 92.7 cm³/mol. The lowest BCUT2D eigenvalue weighted by Gasteiger charge is -2.15. The van der Waals surface area contributed by atoms with Crippen molar-refractivity contribution in [1.82, 2.24) is 0 Å². The van der Waals surface area contributed by atoms with Gasteiger partial charge in [-0.3, -0.25) is 4.79 Å². The molecule has 0 fully saturated rings. The van der Waals surface area contributed by atoms with E-state index >= 15 is 0 Å². The Kier molecular flexibility index (Phi) is 6.37. The van der Waals surface area contributed by atoms with Gasteiger partial charge in [-0.25, -0.2) is 9.18 Å². The van der Waals surface area contributed by atoms with Crippen molar-refractivity contribution in [1.29, 1.82) is 0 Å². The number of amides is 1. The van der Waals surface area contributed by atoms with Crippen molar-refractivity contribution >= 4 is 29.3 Å². The number of thioether (sulfide) groups is 1. The molecular weight excluding hydrogens is 329 g/mol. The van der Waals surface area contributed by atoms with E-state index in [0.717, 1.165) is 10.6 Å². The second-order valence-electron chi connectivity index (χ2n) is 4.98. The Hall–Kier alpha value is -2.34. The van der Waals surface area contributed by atoms with E-state index in [-0.39, 0.29) is 0 Å². The van der Waals surface area contributed by atoms with Crippen molar-refractivity contribution in [2.24, 2.45) is 0 Å². The Labute approximate surface area is 144 Å². The third-order valence-electron chi connectivity index (χ3n) is 3.15. The van der Waals surface area contributed by atoms with E-state index in [1.54, 1.807) is 18.2 Å². The first-order chi connectivity index (χ1) is 11.5. The summed E-state index contributed by atoms with van der Waals surface area (Å²) in [6, 6.07) is 12.6. The quantitative estimate of drug-likeness (QED) is 0.631. The van der Waals surface area contributed by atoms with Crippen LogP contribution in [0.1, 0.15) is 24.2 Å². The van der Waals surface area contributed by atoms with Crippen LogP contribution in [0.3, 0.4) is 0 Å². The molecule has 0 heterocycles. The fourth-order valence-corrected chi connectivity index (χ4v) is 2.80. The highest BCUT2D eigenvalue weighted by molar-refractivity contribution is 7.99. The summed E-state index contributed by atoms with van der Waals surface area (Å²) in [7, 11) is 0. The molecule has 1 N–H and O–H groups in total. The number of halogens is 1. The molecule has 0 aromatic heterocycles. The van der Waals surface area contributed by atoms with Crippen molar-refractivity contribution in [3.05, 3.63) is 59.9 Å². The molecule has 4 nitrogen and oxygen atoms in total. The van der Waals surface area contributed by atoms with Crippen molar-refractivity contribution < 1.29 is 18.7 Å². The number of rotatable bonds is 6. The molecule has 0 bridgehead atoms. The van der Waals surface area contributed by atoms with E-state index in [9.17, 15) is 14.0 Å². The van der Waals surface area contributed by atoms with Gasteiger partial charge in [0.2, 0.25) is 0 Å². The maximum atomic E-state index is 13.1. The lowest BCUT2D eigenvalue weighted by molar-refractivity contribution is -0.123. The van der Waals surface area contributed by atoms with Gasteiger partial charge in [-0.05, 0) is 43.0 Å². The fraction of sp³-hybridized carbons (Fsp3) is 0.222. The summed E-state index contributed by atoms with van der Waals surface area (Å²) in [6.45, 7) is 3.46. The number of anilines is 1. The van der Waals surface area contributed by atoms with Crippen LogP contribution in [-0.4, -0.2) is 23.7 Å². The van der Waals surface area contributed by atoms with Crippen LogP contribution in [0.2, 0.25) is 0 Å². The van der Waals surface area contributed by atoms with Gasteiger partial charge in [0.05, 0.1) is 5.56 Å². The zero-order valence-electron chi connectivity index (χ0n) is 13.4. The Morgan fingerprint density at radius 2 is 1.96 bits per heavy atom. The van der Waals surface area contributed by atoms with Crippen LogP contribution in [0.5, 0.6) is 0 Å². The molecule has 1 atom stereocenters. The number of hydrogen-bond donors (Lipinski definition) is 1. The molecule has 0 aliphatic carbocycles. The molecule has 0 aliphatic rings. The number of carbonyl (C=O) groups is 2. The summed E-state index contributed by atoms with van der Waals surface area (Å²) in [6.07, 6.45) is -1.000. The van der Waals surface area contributed by atoms with Crippen molar-refractivity contribution in [3.8, 4) is 0 Å². The van der Waals surface area contributed by atoms with Crippen LogP contribution in [0.25, 0.3) is 0 Å². The second kappa shape index (κ2) is 8.49. The largest absolute Gasteiger partial charge is 0.449 e. The molecule has 126 valence electrons. The van der Waals surface area contributed by atoms with Crippen LogP contribution in [0.4, 0.5) is 10.1 Å². The second-order valence-corrected chi connectivity index (χ2v) is 6.28. The molecule has 0 unspecified atom stereocenters. The minimum absolute atomic E-state index is 0.310. The predicted octanol–water partition coefficient (Wildman–Crippen LogP) is 4.12. The summed E-state index contributed by atoms with van der Waals surface area (Å²) < 4.78 is 18.4. The topological polar surface area (TPSA) is 55.4 Å². The highest BCUT2D eigenvalue weighted by Gasteiger charge is 2.21. The first-order valence-corrected chi connectivity index (χ1v) is 8.49. The zero-order valence-corrected chi connectivity index (χ0v) is 14.2. The Morgan fingerprint density at radius 1 is 1.21 bits per heavy atom. The molecule has 2 aromatic rings. The first-order valence-electron chi connectivity index (χ1n) is 7.50. The fourth-order valence-electron chi connectivity index (χ4n) is 2.00. The molecular formula is C18H18FNO3S. The van der Waals surface area contributed by atoms with Crippen LogP contribution in [0.15, 0.2) is 53.4 Å². The number of ether oxygens (including phenoxy) is 1. The Bertz CT molecular complexity index is 736.